The van der Waals surface area contributed by atoms with E-state index in [4.69, 9.17) is 4.74 Å². The maximum Gasteiger partial charge on any atom is 0.416 e. The maximum absolute atomic E-state index is 12.9. The second kappa shape index (κ2) is 7.95. The monoisotopic (exact) mass is 419 g/mol. The Bertz CT molecular complexity index is 869. The zero-order valence-electron chi connectivity index (χ0n) is 16.4. The number of hydrogen-bond acceptors (Lipinski definition) is 3. The van der Waals surface area contributed by atoms with E-state index in [1.165, 1.54) is 12.1 Å². The Morgan fingerprint density at radius 3 is 2.20 bits per heavy atom. The molecule has 1 N–H and O–H groups in total. The van der Waals surface area contributed by atoms with Crippen LogP contribution in [0.1, 0.15) is 48.8 Å². The van der Waals surface area contributed by atoms with Crippen molar-refractivity contribution in [2.24, 2.45) is 0 Å². The molecule has 2 aromatic rings. The van der Waals surface area contributed by atoms with Crippen LogP contribution in [0.2, 0.25) is 0 Å². The van der Waals surface area contributed by atoms with E-state index in [1.807, 2.05) is 30.3 Å². The summed E-state index contributed by atoms with van der Waals surface area (Å²) in [6.45, 7) is 0.179. The van der Waals surface area contributed by atoms with E-state index >= 15 is 0 Å². The van der Waals surface area contributed by atoms with Gasteiger partial charge in [0.1, 0.15) is 6.61 Å². The van der Waals surface area contributed by atoms with Gasteiger partial charge < -0.3 is 14.7 Å². The van der Waals surface area contributed by atoms with Crippen LogP contribution in [-0.4, -0.2) is 28.2 Å². The smallest absolute Gasteiger partial charge is 0.416 e. The summed E-state index contributed by atoms with van der Waals surface area (Å²) in [6.07, 6.45) is -1.82. The van der Waals surface area contributed by atoms with Crippen molar-refractivity contribution in [3.8, 4) is 0 Å². The minimum atomic E-state index is -4.41. The predicted molar refractivity (Wildman–Crippen MR) is 104 cm³/mol. The normalized spacial score (nSPS) is 26.3. The Morgan fingerprint density at radius 2 is 1.63 bits per heavy atom. The van der Waals surface area contributed by atoms with Gasteiger partial charge in [0, 0.05) is 24.9 Å². The van der Waals surface area contributed by atoms with Gasteiger partial charge in [0.25, 0.3) is 0 Å². The van der Waals surface area contributed by atoms with Crippen LogP contribution in [0.4, 0.5) is 18.0 Å². The van der Waals surface area contributed by atoms with Crippen molar-refractivity contribution in [2.45, 2.75) is 62.6 Å². The van der Waals surface area contributed by atoms with Gasteiger partial charge in [0.15, 0.2) is 0 Å². The number of fused-ring (bicyclic) bond motifs is 2. The first kappa shape index (κ1) is 20.7. The van der Waals surface area contributed by atoms with Crippen LogP contribution >= 0.6 is 0 Å². The highest BCUT2D eigenvalue weighted by atomic mass is 19.4. The molecule has 0 aromatic heterocycles. The fraction of sp³-hybridized carbons (Fsp3) is 0.435. The van der Waals surface area contributed by atoms with Crippen molar-refractivity contribution in [1.82, 2.24) is 4.90 Å². The number of ether oxygens (including phenoxy) is 1. The Kier molecular flexibility index (Phi) is 5.49. The quantitative estimate of drug-likeness (QED) is 0.740. The molecule has 4 nitrogen and oxygen atoms in total. The average Bonchev–Trinajstić information content (AvgIpc) is 2.71. The topological polar surface area (TPSA) is 49.8 Å². The highest BCUT2D eigenvalue weighted by Crippen LogP contribution is 2.45. The highest BCUT2D eigenvalue weighted by molar-refractivity contribution is 5.69. The van der Waals surface area contributed by atoms with Gasteiger partial charge in [-0.1, -0.05) is 42.5 Å². The number of carbonyl (C=O) groups excluding carboxylic acids is 1. The second-order valence-corrected chi connectivity index (χ2v) is 8.20. The molecule has 2 saturated heterocycles. The van der Waals surface area contributed by atoms with Crippen LogP contribution in [0.3, 0.4) is 0 Å². The van der Waals surface area contributed by atoms with E-state index in [2.05, 4.69) is 0 Å². The average molecular weight is 419 g/mol. The van der Waals surface area contributed by atoms with Gasteiger partial charge in [-0.15, -0.1) is 0 Å². The first-order valence-corrected chi connectivity index (χ1v) is 10.2. The largest absolute Gasteiger partial charge is 0.445 e. The molecule has 2 heterocycles. The zero-order chi connectivity index (χ0) is 21.4. The summed E-state index contributed by atoms with van der Waals surface area (Å²) in [7, 11) is 0. The lowest BCUT2D eigenvalue weighted by Crippen LogP contribution is -2.58. The van der Waals surface area contributed by atoms with E-state index in [-0.39, 0.29) is 31.5 Å². The number of alkyl halides is 3. The van der Waals surface area contributed by atoms with Gasteiger partial charge in [0.05, 0.1) is 11.2 Å². The van der Waals surface area contributed by atoms with Crippen molar-refractivity contribution < 1.29 is 27.8 Å². The molecule has 0 spiro atoms. The molecule has 2 aliphatic heterocycles. The van der Waals surface area contributed by atoms with Gasteiger partial charge >= 0.3 is 12.3 Å². The van der Waals surface area contributed by atoms with E-state index in [1.54, 1.807) is 4.90 Å². The molecule has 0 radical (unpaired) electrons. The molecular weight excluding hydrogens is 395 g/mol. The van der Waals surface area contributed by atoms with E-state index in [0.29, 0.717) is 5.56 Å². The molecule has 2 atom stereocenters. The summed E-state index contributed by atoms with van der Waals surface area (Å²) in [4.78, 5) is 14.5. The molecule has 1 amide bonds. The molecule has 2 aromatic carbocycles. The molecule has 30 heavy (non-hydrogen) atoms. The molecule has 160 valence electrons. The van der Waals surface area contributed by atoms with Crippen molar-refractivity contribution in [3.05, 3.63) is 71.3 Å². The third kappa shape index (κ3) is 4.17. The van der Waals surface area contributed by atoms with Gasteiger partial charge in [-0.25, -0.2) is 4.79 Å². The molecule has 7 heteroatoms. The number of benzene rings is 2. The second-order valence-electron chi connectivity index (χ2n) is 8.20. The van der Waals surface area contributed by atoms with Crippen LogP contribution in [0.25, 0.3) is 0 Å². The molecule has 4 rings (SSSR count). The molecular formula is C23H24F3NO3. The summed E-state index contributed by atoms with van der Waals surface area (Å²) in [5, 5.41) is 11.3. The maximum atomic E-state index is 12.9. The number of rotatable bonds is 3. The van der Waals surface area contributed by atoms with Crippen LogP contribution in [-0.2, 0) is 23.1 Å². The van der Waals surface area contributed by atoms with Crippen molar-refractivity contribution >= 4 is 6.09 Å². The summed E-state index contributed by atoms with van der Waals surface area (Å²) in [5.41, 5.74) is -0.633. The van der Waals surface area contributed by atoms with E-state index < -0.39 is 23.4 Å². The Morgan fingerprint density at radius 1 is 1.03 bits per heavy atom. The number of aliphatic hydroxyl groups is 1. The highest BCUT2D eigenvalue weighted by Gasteiger charge is 2.48. The molecule has 0 aliphatic carbocycles. The minimum Gasteiger partial charge on any atom is -0.445 e. The lowest BCUT2D eigenvalue weighted by atomic mass is 9.72. The first-order valence-electron chi connectivity index (χ1n) is 10.2. The van der Waals surface area contributed by atoms with Gasteiger partial charge in [-0.3, -0.25) is 0 Å². The van der Waals surface area contributed by atoms with E-state index in [0.717, 1.165) is 37.0 Å². The fourth-order valence-corrected chi connectivity index (χ4v) is 4.73. The summed E-state index contributed by atoms with van der Waals surface area (Å²) < 4.78 is 44.1. The van der Waals surface area contributed by atoms with Crippen molar-refractivity contribution in [3.63, 3.8) is 0 Å². The molecule has 0 saturated carbocycles. The summed E-state index contributed by atoms with van der Waals surface area (Å²) in [6, 6.07) is 13.7. The lowest BCUT2D eigenvalue weighted by molar-refractivity contribution is -0.137. The molecule has 2 fully saturated rings. The van der Waals surface area contributed by atoms with Crippen molar-refractivity contribution in [1.29, 1.82) is 0 Å². The van der Waals surface area contributed by atoms with Crippen LogP contribution in [0.15, 0.2) is 54.6 Å². The standard InChI is InChI=1S/C23H24F3NO3/c24-23(25,26)18-11-9-17(10-12-18)22(29)13-19-7-4-8-20(14-22)27(19)21(28)30-15-16-5-2-1-3-6-16/h1-3,5-6,9-12,19-20,29H,4,7-8,13-15H2. The van der Waals surface area contributed by atoms with Crippen LogP contribution in [0.5, 0.6) is 0 Å². The Labute approximate surface area is 173 Å². The first-order chi connectivity index (χ1) is 14.3. The van der Waals surface area contributed by atoms with Crippen molar-refractivity contribution in [2.75, 3.05) is 0 Å². The van der Waals surface area contributed by atoms with E-state index in [9.17, 15) is 23.1 Å². The number of halogens is 3. The predicted octanol–water partition coefficient (Wildman–Crippen LogP) is 5.25. The third-order valence-electron chi connectivity index (χ3n) is 6.17. The van der Waals surface area contributed by atoms with Gasteiger partial charge in [-0.05, 0) is 42.5 Å². The van der Waals surface area contributed by atoms with Gasteiger partial charge in [0.2, 0.25) is 0 Å². The number of piperidine rings is 2. The number of nitrogens with zero attached hydrogens (tertiary/aromatic N) is 1. The molecule has 2 bridgehead atoms. The molecule has 2 aliphatic rings. The van der Waals surface area contributed by atoms with Crippen LogP contribution in [0, 0.1) is 0 Å². The van der Waals surface area contributed by atoms with Crippen LogP contribution < -0.4 is 0 Å². The zero-order valence-corrected chi connectivity index (χ0v) is 16.4. The third-order valence-corrected chi connectivity index (χ3v) is 6.17. The summed E-state index contributed by atoms with van der Waals surface area (Å²) in [5.74, 6) is 0. The lowest BCUT2D eigenvalue weighted by Gasteiger charge is -2.51. The fourth-order valence-electron chi connectivity index (χ4n) is 4.73. The minimum absolute atomic E-state index is 0.179. The SMILES string of the molecule is O=C(OCc1ccccc1)N1C2CCCC1CC(O)(c1ccc(C(F)(F)F)cc1)C2. The number of carbonyl (C=O) groups is 1. The van der Waals surface area contributed by atoms with Gasteiger partial charge in [-0.2, -0.15) is 13.2 Å². The Balaban J connectivity index is 1.48. The number of amides is 1. The molecule has 2 unspecified atom stereocenters. The number of hydrogen-bond donors (Lipinski definition) is 1. The Hall–Kier alpha value is -2.54. The summed E-state index contributed by atoms with van der Waals surface area (Å²) >= 11 is 0.